The highest BCUT2D eigenvalue weighted by Gasteiger charge is 2.22. The normalized spacial score (nSPS) is 10.6. The van der Waals surface area contributed by atoms with Gasteiger partial charge in [-0.3, -0.25) is 9.59 Å². The second-order valence-corrected chi connectivity index (χ2v) is 5.70. The van der Waals surface area contributed by atoms with Crippen LogP contribution in [-0.2, 0) is 4.79 Å². The molecule has 2 aromatic rings. The lowest BCUT2D eigenvalue weighted by Gasteiger charge is -2.18. The first-order valence-electron chi connectivity index (χ1n) is 6.84. The molecule has 0 aliphatic heterocycles. The van der Waals surface area contributed by atoms with Gasteiger partial charge < -0.3 is 14.4 Å². The van der Waals surface area contributed by atoms with Crippen LogP contribution in [0.4, 0.5) is 4.39 Å². The van der Waals surface area contributed by atoms with E-state index < -0.39 is 24.2 Å². The molecule has 23 heavy (non-hydrogen) atoms. The van der Waals surface area contributed by atoms with E-state index >= 15 is 0 Å². The maximum absolute atomic E-state index is 13.9. The van der Waals surface area contributed by atoms with E-state index in [1.165, 1.54) is 12.1 Å². The van der Waals surface area contributed by atoms with E-state index in [0.717, 1.165) is 11.2 Å². The van der Waals surface area contributed by atoms with Crippen LogP contribution in [0.5, 0.6) is 0 Å². The number of carboxylic acid groups (broad SMARTS) is 1. The van der Waals surface area contributed by atoms with Crippen molar-refractivity contribution < 1.29 is 23.5 Å². The Balaban J connectivity index is 2.26. The molecule has 1 amide bonds. The number of carboxylic acids is 1. The van der Waals surface area contributed by atoms with Gasteiger partial charge in [-0.05, 0) is 24.6 Å². The van der Waals surface area contributed by atoms with Gasteiger partial charge in [-0.15, -0.1) is 0 Å². The second kappa shape index (κ2) is 7.36. The molecule has 0 aliphatic rings. The fourth-order valence-electron chi connectivity index (χ4n) is 2.01. The number of halogens is 2. The molecule has 0 unspecified atom stereocenters. The number of carbonyl (C=O) groups is 2. The molecule has 0 radical (unpaired) electrons. The predicted octanol–water partition coefficient (Wildman–Crippen LogP) is 3.18. The fraction of sp³-hybridized carbons (Fsp3) is 0.267. The molecule has 6 nitrogen and oxygen atoms in total. The van der Waals surface area contributed by atoms with Crippen LogP contribution in [-0.4, -0.2) is 40.0 Å². The maximum Gasteiger partial charge on any atom is 0.323 e. The van der Waals surface area contributed by atoms with Crippen LogP contribution in [0.2, 0.25) is 0 Å². The van der Waals surface area contributed by atoms with Gasteiger partial charge >= 0.3 is 5.97 Å². The van der Waals surface area contributed by atoms with Crippen LogP contribution in [0.25, 0.3) is 11.5 Å². The van der Waals surface area contributed by atoms with E-state index in [4.69, 9.17) is 9.52 Å². The molecule has 0 saturated heterocycles. The first kappa shape index (κ1) is 17.1. The molecule has 0 fully saturated rings. The van der Waals surface area contributed by atoms with Gasteiger partial charge in [0, 0.05) is 11.0 Å². The topological polar surface area (TPSA) is 83.6 Å². The van der Waals surface area contributed by atoms with Crippen LogP contribution in [0.3, 0.4) is 0 Å². The highest BCUT2D eigenvalue weighted by Crippen LogP contribution is 2.25. The van der Waals surface area contributed by atoms with Gasteiger partial charge in [0.15, 0.2) is 5.69 Å². The zero-order valence-electron chi connectivity index (χ0n) is 12.3. The molecule has 1 N–H and O–H groups in total. The summed E-state index contributed by atoms with van der Waals surface area (Å²) >= 11 is 3.15. The zero-order valence-corrected chi connectivity index (χ0v) is 13.8. The lowest BCUT2D eigenvalue weighted by atomic mass is 10.2. The molecule has 0 aliphatic carbocycles. The minimum atomic E-state index is -1.12. The minimum Gasteiger partial charge on any atom is -0.480 e. The molecule has 0 atom stereocenters. The van der Waals surface area contributed by atoms with E-state index in [9.17, 15) is 14.0 Å². The Morgan fingerprint density at radius 3 is 2.78 bits per heavy atom. The summed E-state index contributed by atoms with van der Waals surface area (Å²) in [5.74, 6) is -2.27. The van der Waals surface area contributed by atoms with Crippen molar-refractivity contribution in [2.45, 2.75) is 13.3 Å². The van der Waals surface area contributed by atoms with Gasteiger partial charge in [0.25, 0.3) is 5.91 Å². The Bertz CT molecular complexity index is 732. The van der Waals surface area contributed by atoms with Crippen molar-refractivity contribution in [2.75, 3.05) is 13.1 Å². The van der Waals surface area contributed by atoms with E-state index in [0.29, 0.717) is 10.9 Å². The second-order valence-electron chi connectivity index (χ2n) is 4.78. The summed E-state index contributed by atoms with van der Waals surface area (Å²) in [5, 5.41) is 8.86. The Morgan fingerprint density at radius 1 is 1.43 bits per heavy atom. The van der Waals surface area contributed by atoms with Crippen molar-refractivity contribution in [3.05, 3.63) is 40.4 Å². The molecule has 8 heteroatoms. The van der Waals surface area contributed by atoms with Crippen molar-refractivity contribution in [3.8, 4) is 11.5 Å². The lowest BCUT2D eigenvalue weighted by Crippen LogP contribution is -2.36. The summed E-state index contributed by atoms with van der Waals surface area (Å²) in [5.41, 5.74) is 0.0598. The summed E-state index contributed by atoms with van der Waals surface area (Å²) in [4.78, 5) is 28.3. The summed E-state index contributed by atoms with van der Waals surface area (Å²) < 4.78 is 19.6. The minimum absolute atomic E-state index is 0.0369. The standard InChI is InChI=1S/C15H14BrFN2O4/c1-2-5-19(7-13(20)21)15(22)12-8-23-14(18-12)10-4-3-9(16)6-11(10)17/h3-4,6,8H,2,5,7H2,1H3,(H,20,21). The molecule has 1 heterocycles. The first-order chi connectivity index (χ1) is 10.9. The first-order valence-corrected chi connectivity index (χ1v) is 7.63. The monoisotopic (exact) mass is 384 g/mol. The summed E-state index contributed by atoms with van der Waals surface area (Å²) in [6, 6.07) is 4.35. The smallest absolute Gasteiger partial charge is 0.323 e. The van der Waals surface area contributed by atoms with Gasteiger partial charge in [0.2, 0.25) is 5.89 Å². The zero-order chi connectivity index (χ0) is 17.0. The van der Waals surface area contributed by atoms with Crippen LogP contribution < -0.4 is 0 Å². The van der Waals surface area contributed by atoms with Crippen molar-refractivity contribution in [2.24, 2.45) is 0 Å². The Hall–Kier alpha value is -2.22. The lowest BCUT2D eigenvalue weighted by molar-refractivity contribution is -0.137. The summed E-state index contributed by atoms with van der Waals surface area (Å²) in [7, 11) is 0. The van der Waals surface area contributed by atoms with E-state index in [-0.39, 0.29) is 23.7 Å². The van der Waals surface area contributed by atoms with Crippen molar-refractivity contribution in [3.63, 3.8) is 0 Å². The Morgan fingerprint density at radius 2 is 2.17 bits per heavy atom. The quantitative estimate of drug-likeness (QED) is 0.826. The van der Waals surface area contributed by atoms with Crippen LogP contribution >= 0.6 is 15.9 Å². The van der Waals surface area contributed by atoms with Crippen LogP contribution in [0, 0.1) is 5.82 Å². The average Bonchev–Trinajstić information content (AvgIpc) is 2.95. The van der Waals surface area contributed by atoms with Crippen molar-refractivity contribution in [1.82, 2.24) is 9.88 Å². The van der Waals surface area contributed by atoms with Gasteiger partial charge in [-0.1, -0.05) is 22.9 Å². The maximum atomic E-state index is 13.9. The van der Waals surface area contributed by atoms with Gasteiger partial charge in [0.05, 0.1) is 5.56 Å². The number of nitrogens with zero attached hydrogens (tertiary/aromatic N) is 2. The molecule has 0 bridgehead atoms. The largest absolute Gasteiger partial charge is 0.480 e. The van der Waals surface area contributed by atoms with Crippen LogP contribution in [0.15, 0.2) is 33.4 Å². The number of rotatable bonds is 6. The molecule has 2 rings (SSSR count). The van der Waals surface area contributed by atoms with Gasteiger partial charge in [0.1, 0.15) is 18.6 Å². The van der Waals surface area contributed by atoms with Gasteiger partial charge in [-0.2, -0.15) is 0 Å². The fourth-order valence-corrected chi connectivity index (χ4v) is 2.34. The van der Waals surface area contributed by atoms with Crippen molar-refractivity contribution >= 4 is 27.8 Å². The highest BCUT2D eigenvalue weighted by molar-refractivity contribution is 9.10. The number of benzene rings is 1. The molecule has 0 spiro atoms. The van der Waals surface area contributed by atoms with Crippen molar-refractivity contribution in [1.29, 1.82) is 0 Å². The number of hydrogen-bond donors (Lipinski definition) is 1. The predicted molar refractivity (Wildman–Crippen MR) is 83.4 cm³/mol. The number of carbonyl (C=O) groups excluding carboxylic acids is 1. The van der Waals surface area contributed by atoms with Gasteiger partial charge in [-0.25, -0.2) is 9.37 Å². The summed E-state index contributed by atoms with van der Waals surface area (Å²) in [6.07, 6.45) is 1.70. The number of hydrogen-bond acceptors (Lipinski definition) is 4. The average molecular weight is 385 g/mol. The number of aliphatic carboxylic acids is 1. The number of aromatic nitrogens is 1. The third kappa shape index (κ3) is 4.16. The van der Waals surface area contributed by atoms with E-state index in [1.54, 1.807) is 6.07 Å². The molecule has 1 aromatic heterocycles. The van der Waals surface area contributed by atoms with E-state index in [2.05, 4.69) is 20.9 Å². The SMILES string of the molecule is CCCN(CC(=O)O)C(=O)c1coc(-c2ccc(Br)cc2F)n1. The number of amides is 1. The third-order valence-electron chi connectivity index (χ3n) is 2.99. The number of oxazole rings is 1. The van der Waals surface area contributed by atoms with E-state index in [1.807, 2.05) is 6.92 Å². The highest BCUT2D eigenvalue weighted by atomic mass is 79.9. The molecular formula is C15H14BrFN2O4. The molecular weight excluding hydrogens is 371 g/mol. The molecule has 1 aromatic carbocycles. The third-order valence-corrected chi connectivity index (χ3v) is 3.48. The Kier molecular flexibility index (Phi) is 5.49. The van der Waals surface area contributed by atoms with Crippen LogP contribution in [0.1, 0.15) is 23.8 Å². The molecule has 0 saturated carbocycles. The summed E-state index contributed by atoms with van der Waals surface area (Å²) in [6.45, 7) is 1.68. The Labute approximate surface area is 140 Å². The molecule has 122 valence electrons.